The monoisotopic (exact) mass is 428 g/mol. The van der Waals surface area contributed by atoms with Crippen LogP contribution in [-0.2, 0) is 4.79 Å². The van der Waals surface area contributed by atoms with Gasteiger partial charge < -0.3 is 9.80 Å². The summed E-state index contributed by atoms with van der Waals surface area (Å²) in [6.07, 6.45) is 8.56. The highest BCUT2D eigenvalue weighted by molar-refractivity contribution is 5.93. The lowest BCUT2D eigenvalue weighted by molar-refractivity contribution is -0.126. The van der Waals surface area contributed by atoms with Crippen molar-refractivity contribution in [2.75, 3.05) is 31.1 Å². The van der Waals surface area contributed by atoms with Gasteiger partial charge in [-0.1, -0.05) is 0 Å². The number of hydrogen-bond acceptors (Lipinski definition) is 5. The predicted octanol–water partition coefficient (Wildman–Crippen LogP) is 3.29. The molecular formula is C24H21FN6O. The van der Waals surface area contributed by atoms with E-state index in [4.69, 9.17) is 0 Å². The number of carbonyl (C=O) groups is 1. The molecule has 0 unspecified atom stereocenters. The van der Waals surface area contributed by atoms with Gasteiger partial charge in [-0.25, -0.2) is 13.9 Å². The van der Waals surface area contributed by atoms with Gasteiger partial charge in [0, 0.05) is 50.2 Å². The van der Waals surface area contributed by atoms with Crippen molar-refractivity contribution in [1.29, 1.82) is 0 Å². The fraction of sp³-hybridized carbons (Fsp3) is 0.167. The summed E-state index contributed by atoms with van der Waals surface area (Å²) in [6, 6.07) is 13.7. The molecule has 5 rings (SSSR count). The zero-order chi connectivity index (χ0) is 21.9. The topological polar surface area (TPSA) is 66.6 Å². The summed E-state index contributed by atoms with van der Waals surface area (Å²) >= 11 is 0. The van der Waals surface area contributed by atoms with E-state index in [9.17, 15) is 9.18 Å². The van der Waals surface area contributed by atoms with Crippen molar-refractivity contribution >= 4 is 23.3 Å². The quantitative estimate of drug-likeness (QED) is 0.467. The second-order valence-electron chi connectivity index (χ2n) is 7.50. The molecule has 0 saturated carbocycles. The van der Waals surface area contributed by atoms with E-state index in [1.54, 1.807) is 47.3 Å². The Hall–Kier alpha value is -4.07. The third kappa shape index (κ3) is 3.94. The zero-order valence-electron chi connectivity index (χ0n) is 17.3. The van der Waals surface area contributed by atoms with Gasteiger partial charge in [0.15, 0.2) is 5.65 Å². The molecule has 0 bridgehead atoms. The van der Waals surface area contributed by atoms with Crippen LogP contribution in [0.1, 0.15) is 5.69 Å². The number of aromatic nitrogens is 4. The van der Waals surface area contributed by atoms with Crippen LogP contribution >= 0.6 is 0 Å². The lowest BCUT2D eigenvalue weighted by atomic mass is 10.1. The van der Waals surface area contributed by atoms with Crippen molar-refractivity contribution in [3.8, 4) is 11.3 Å². The van der Waals surface area contributed by atoms with E-state index in [2.05, 4.69) is 20.0 Å². The number of rotatable bonds is 4. The Morgan fingerprint density at radius 1 is 0.969 bits per heavy atom. The predicted molar refractivity (Wildman–Crippen MR) is 120 cm³/mol. The summed E-state index contributed by atoms with van der Waals surface area (Å²) in [5, 5.41) is 4.37. The molecule has 0 atom stereocenters. The third-order valence-corrected chi connectivity index (χ3v) is 5.53. The second kappa shape index (κ2) is 8.58. The van der Waals surface area contributed by atoms with Crippen LogP contribution in [0.3, 0.4) is 0 Å². The molecule has 0 aliphatic carbocycles. The normalized spacial score (nSPS) is 14.4. The molecule has 4 heterocycles. The first-order chi connectivity index (χ1) is 15.7. The van der Waals surface area contributed by atoms with Gasteiger partial charge in [0.05, 0.1) is 23.3 Å². The summed E-state index contributed by atoms with van der Waals surface area (Å²) in [5.41, 5.74) is 3.80. The van der Waals surface area contributed by atoms with Crippen molar-refractivity contribution in [2.45, 2.75) is 0 Å². The lowest BCUT2D eigenvalue weighted by Crippen LogP contribution is -2.48. The molecule has 7 nitrogen and oxygen atoms in total. The Bertz CT molecular complexity index is 1260. The molecule has 32 heavy (non-hydrogen) atoms. The Balaban J connectivity index is 1.36. The summed E-state index contributed by atoms with van der Waals surface area (Å²) in [5.74, 6) is -0.375. The molecule has 1 aliphatic heterocycles. The number of imidazole rings is 1. The molecule has 1 fully saturated rings. The molecule has 1 aromatic carbocycles. The van der Waals surface area contributed by atoms with Crippen LogP contribution in [0.15, 0.2) is 73.2 Å². The van der Waals surface area contributed by atoms with E-state index in [0.717, 1.165) is 24.3 Å². The highest BCUT2D eigenvalue weighted by Crippen LogP contribution is 2.25. The number of pyridine rings is 1. The average Bonchev–Trinajstić information content (AvgIpc) is 3.22. The number of amides is 1. The largest absolute Gasteiger partial charge is 0.367 e. The minimum absolute atomic E-state index is 0.0632. The first kappa shape index (κ1) is 19.9. The number of nitrogens with zero attached hydrogens (tertiary/aromatic N) is 6. The number of fused-ring (bicyclic) bond motifs is 1. The SMILES string of the molecule is O=C(/C=C/c1c(-c2ccc(F)cc2)nc2cccnn12)N1CCN(c2cccnc2)CC1. The van der Waals surface area contributed by atoms with Crippen LogP contribution in [0.2, 0.25) is 0 Å². The highest BCUT2D eigenvalue weighted by Gasteiger charge is 2.20. The Morgan fingerprint density at radius 2 is 1.75 bits per heavy atom. The summed E-state index contributed by atoms with van der Waals surface area (Å²) in [4.78, 5) is 25.7. The van der Waals surface area contributed by atoms with Gasteiger partial charge in [0.1, 0.15) is 5.82 Å². The van der Waals surface area contributed by atoms with E-state index < -0.39 is 0 Å². The fourth-order valence-electron chi connectivity index (χ4n) is 3.86. The maximum Gasteiger partial charge on any atom is 0.246 e. The van der Waals surface area contributed by atoms with Gasteiger partial charge in [-0.2, -0.15) is 5.10 Å². The van der Waals surface area contributed by atoms with Crippen molar-refractivity contribution in [1.82, 2.24) is 24.5 Å². The van der Waals surface area contributed by atoms with Crippen LogP contribution in [0.4, 0.5) is 10.1 Å². The van der Waals surface area contributed by atoms with Crippen molar-refractivity contribution in [3.63, 3.8) is 0 Å². The van der Waals surface area contributed by atoms with E-state index in [0.29, 0.717) is 30.1 Å². The first-order valence-corrected chi connectivity index (χ1v) is 10.4. The Labute approximate surface area is 184 Å². The van der Waals surface area contributed by atoms with Gasteiger partial charge in [0.2, 0.25) is 5.91 Å². The molecule has 0 N–H and O–H groups in total. The zero-order valence-corrected chi connectivity index (χ0v) is 17.3. The molecular weight excluding hydrogens is 407 g/mol. The van der Waals surface area contributed by atoms with Gasteiger partial charge >= 0.3 is 0 Å². The fourth-order valence-corrected chi connectivity index (χ4v) is 3.86. The van der Waals surface area contributed by atoms with Crippen LogP contribution in [0.5, 0.6) is 0 Å². The van der Waals surface area contributed by atoms with E-state index >= 15 is 0 Å². The van der Waals surface area contributed by atoms with Crippen molar-refractivity contribution in [2.24, 2.45) is 0 Å². The Morgan fingerprint density at radius 3 is 2.50 bits per heavy atom. The molecule has 1 amide bonds. The number of benzene rings is 1. The van der Waals surface area contributed by atoms with Crippen molar-refractivity contribution < 1.29 is 9.18 Å². The van der Waals surface area contributed by atoms with Crippen LogP contribution < -0.4 is 4.90 Å². The van der Waals surface area contributed by atoms with Gasteiger partial charge in [-0.05, 0) is 54.6 Å². The summed E-state index contributed by atoms with van der Waals surface area (Å²) in [7, 11) is 0. The maximum atomic E-state index is 13.4. The number of anilines is 1. The molecule has 0 spiro atoms. The minimum Gasteiger partial charge on any atom is -0.367 e. The molecule has 1 saturated heterocycles. The molecule has 4 aromatic rings. The Kier molecular flexibility index (Phi) is 5.33. The first-order valence-electron chi connectivity index (χ1n) is 10.4. The van der Waals surface area contributed by atoms with E-state index in [1.807, 2.05) is 29.3 Å². The standard InChI is InChI=1S/C24H21FN6O/c25-19-7-5-18(6-8-19)24-21(31-22(28-24)4-2-12-27-31)9-10-23(32)30-15-13-29(14-16-30)20-3-1-11-26-17-20/h1-12,17H,13-16H2/b10-9+. The van der Waals surface area contributed by atoms with E-state index in [-0.39, 0.29) is 11.7 Å². The van der Waals surface area contributed by atoms with Gasteiger partial charge in [-0.3, -0.25) is 9.78 Å². The molecule has 160 valence electrons. The van der Waals surface area contributed by atoms with Crippen LogP contribution in [0, 0.1) is 5.82 Å². The summed E-state index contributed by atoms with van der Waals surface area (Å²) in [6.45, 7) is 2.77. The van der Waals surface area contributed by atoms with Crippen molar-refractivity contribution in [3.05, 3.63) is 84.7 Å². The number of halogens is 1. The smallest absolute Gasteiger partial charge is 0.246 e. The third-order valence-electron chi connectivity index (χ3n) is 5.53. The minimum atomic E-state index is -0.312. The number of hydrogen-bond donors (Lipinski definition) is 0. The second-order valence-corrected chi connectivity index (χ2v) is 7.50. The van der Waals surface area contributed by atoms with Crippen LogP contribution in [-0.4, -0.2) is 56.6 Å². The maximum absolute atomic E-state index is 13.4. The highest BCUT2D eigenvalue weighted by atomic mass is 19.1. The van der Waals surface area contributed by atoms with Gasteiger partial charge in [0.25, 0.3) is 0 Å². The average molecular weight is 428 g/mol. The number of carbonyl (C=O) groups excluding carboxylic acids is 1. The molecule has 8 heteroatoms. The summed E-state index contributed by atoms with van der Waals surface area (Å²) < 4.78 is 15.1. The van der Waals surface area contributed by atoms with Gasteiger partial charge in [-0.15, -0.1) is 0 Å². The number of piperazine rings is 1. The van der Waals surface area contributed by atoms with Crippen LogP contribution in [0.25, 0.3) is 23.0 Å². The molecule has 3 aromatic heterocycles. The molecule has 0 radical (unpaired) electrons. The van der Waals surface area contributed by atoms with E-state index in [1.165, 1.54) is 12.1 Å². The lowest BCUT2D eigenvalue weighted by Gasteiger charge is -2.35. The molecule has 1 aliphatic rings.